The minimum absolute atomic E-state index is 0.0530. The second-order valence-electron chi connectivity index (χ2n) is 3.13. The number of esters is 1. The van der Waals surface area contributed by atoms with E-state index in [4.69, 9.17) is 0 Å². The first-order valence-corrected chi connectivity index (χ1v) is 4.66. The SMILES string of the molecule is CCOC(=O)c1[nH]c(=O)c(C)cc1C(F)F. The number of carbonyl (C=O) groups is 1. The summed E-state index contributed by atoms with van der Waals surface area (Å²) in [6, 6.07) is 0.996. The van der Waals surface area contributed by atoms with Crippen LogP contribution in [-0.4, -0.2) is 17.6 Å². The third-order valence-electron chi connectivity index (χ3n) is 1.97. The number of rotatable bonds is 3. The zero-order chi connectivity index (χ0) is 12.3. The summed E-state index contributed by atoms with van der Waals surface area (Å²) < 4.78 is 29.8. The van der Waals surface area contributed by atoms with Gasteiger partial charge in [-0.3, -0.25) is 4.79 Å². The third-order valence-corrected chi connectivity index (χ3v) is 1.97. The van der Waals surface area contributed by atoms with Crippen LogP contribution >= 0.6 is 0 Å². The van der Waals surface area contributed by atoms with Gasteiger partial charge in [-0.2, -0.15) is 0 Å². The van der Waals surface area contributed by atoms with Crippen LogP contribution < -0.4 is 5.56 Å². The van der Waals surface area contributed by atoms with Gasteiger partial charge in [0, 0.05) is 11.1 Å². The molecule has 0 saturated carbocycles. The second kappa shape index (κ2) is 4.87. The normalized spacial score (nSPS) is 10.6. The molecule has 1 aromatic heterocycles. The first kappa shape index (κ1) is 12.4. The van der Waals surface area contributed by atoms with Gasteiger partial charge < -0.3 is 9.72 Å². The largest absolute Gasteiger partial charge is 0.461 e. The van der Waals surface area contributed by atoms with Crippen LogP contribution in [0, 0.1) is 6.92 Å². The van der Waals surface area contributed by atoms with Crippen molar-refractivity contribution in [3.8, 4) is 0 Å². The number of aromatic amines is 1. The number of carbonyl (C=O) groups excluding carboxylic acids is 1. The van der Waals surface area contributed by atoms with Crippen molar-refractivity contribution in [1.82, 2.24) is 4.98 Å². The Morgan fingerprint density at radius 2 is 2.19 bits per heavy atom. The van der Waals surface area contributed by atoms with Crippen LogP contribution in [0.25, 0.3) is 0 Å². The van der Waals surface area contributed by atoms with Gasteiger partial charge in [-0.1, -0.05) is 0 Å². The van der Waals surface area contributed by atoms with Gasteiger partial charge >= 0.3 is 5.97 Å². The van der Waals surface area contributed by atoms with Gasteiger partial charge in [0.25, 0.3) is 12.0 Å². The third kappa shape index (κ3) is 2.44. The summed E-state index contributed by atoms with van der Waals surface area (Å²) in [5.41, 5.74) is -1.45. The summed E-state index contributed by atoms with van der Waals surface area (Å²) in [5.74, 6) is -0.949. The number of pyridine rings is 1. The molecule has 0 fully saturated rings. The molecule has 6 heteroatoms. The summed E-state index contributed by atoms with van der Waals surface area (Å²) in [5, 5.41) is 0. The Morgan fingerprint density at radius 1 is 1.56 bits per heavy atom. The minimum atomic E-state index is -2.84. The lowest BCUT2D eigenvalue weighted by molar-refractivity contribution is 0.0507. The number of H-pyrrole nitrogens is 1. The Hall–Kier alpha value is -1.72. The predicted octanol–water partition coefficient (Wildman–Crippen LogP) is 1.80. The van der Waals surface area contributed by atoms with Gasteiger partial charge in [0.15, 0.2) is 0 Å². The summed E-state index contributed by atoms with van der Waals surface area (Å²) in [6.45, 7) is 2.99. The van der Waals surface area contributed by atoms with E-state index in [1.54, 1.807) is 6.92 Å². The minimum Gasteiger partial charge on any atom is -0.461 e. The Bertz CT molecular complexity index is 454. The first-order valence-electron chi connectivity index (χ1n) is 4.66. The van der Waals surface area contributed by atoms with Gasteiger partial charge in [0.2, 0.25) is 0 Å². The van der Waals surface area contributed by atoms with Gasteiger partial charge in [-0.15, -0.1) is 0 Å². The fraction of sp³-hybridized carbons (Fsp3) is 0.400. The second-order valence-corrected chi connectivity index (χ2v) is 3.13. The maximum absolute atomic E-state index is 12.6. The maximum atomic E-state index is 12.6. The van der Waals surface area contributed by atoms with Crippen LogP contribution in [0.5, 0.6) is 0 Å². The Morgan fingerprint density at radius 3 is 2.69 bits per heavy atom. The number of hydrogen-bond acceptors (Lipinski definition) is 3. The lowest BCUT2D eigenvalue weighted by Gasteiger charge is -2.08. The van der Waals surface area contributed by atoms with E-state index < -0.39 is 29.2 Å². The highest BCUT2D eigenvalue weighted by atomic mass is 19.3. The average molecular weight is 231 g/mol. The molecule has 0 aromatic carbocycles. The fourth-order valence-corrected chi connectivity index (χ4v) is 1.20. The zero-order valence-corrected chi connectivity index (χ0v) is 8.84. The molecule has 0 aliphatic heterocycles. The van der Waals surface area contributed by atoms with Crippen LogP contribution in [0.15, 0.2) is 10.9 Å². The van der Waals surface area contributed by atoms with Crippen molar-refractivity contribution in [2.24, 2.45) is 0 Å². The molecule has 16 heavy (non-hydrogen) atoms. The molecule has 0 radical (unpaired) electrons. The number of alkyl halides is 2. The van der Waals surface area contributed by atoms with Crippen molar-refractivity contribution in [1.29, 1.82) is 0 Å². The van der Waals surface area contributed by atoms with Crippen LogP contribution in [0.2, 0.25) is 0 Å². The molecule has 1 heterocycles. The van der Waals surface area contributed by atoms with Crippen LogP contribution in [0.3, 0.4) is 0 Å². The summed E-state index contributed by atoms with van der Waals surface area (Å²) in [7, 11) is 0. The zero-order valence-electron chi connectivity index (χ0n) is 8.84. The van der Waals surface area contributed by atoms with Crippen LogP contribution in [0.4, 0.5) is 8.78 Å². The fourth-order valence-electron chi connectivity index (χ4n) is 1.20. The highest BCUT2D eigenvalue weighted by Gasteiger charge is 2.21. The smallest absolute Gasteiger partial charge is 0.355 e. The van der Waals surface area contributed by atoms with E-state index in [-0.39, 0.29) is 12.2 Å². The molecule has 88 valence electrons. The number of aromatic nitrogens is 1. The molecule has 0 aliphatic carbocycles. The van der Waals surface area contributed by atoms with E-state index >= 15 is 0 Å². The van der Waals surface area contributed by atoms with E-state index in [2.05, 4.69) is 9.72 Å². The number of ether oxygens (including phenoxy) is 1. The van der Waals surface area contributed by atoms with Crippen molar-refractivity contribution < 1.29 is 18.3 Å². The Labute approximate surface area is 90.2 Å². The lowest BCUT2D eigenvalue weighted by Crippen LogP contribution is -2.19. The molecular formula is C10H11F2NO3. The number of halogens is 2. The molecule has 0 atom stereocenters. The molecule has 0 aliphatic rings. The van der Waals surface area contributed by atoms with E-state index in [0.717, 1.165) is 6.07 Å². The number of hydrogen-bond donors (Lipinski definition) is 1. The summed E-state index contributed by atoms with van der Waals surface area (Å²) in [4.78, 5) is 24.6. The van der Waals surface area contributed by atoms with E-state index in [1.165, 1.54) is 6.92 Å². The first-order chi connectivity index (χ1) is 7.47. The Kier molecular flexibility index (Phi) is 3.76. The van der Waals surface area contributed by atoms with Gasteiger partial charge in [0.05, 0.1) is 6.61 Å². The van der Waals surface area contributed by atoms with Crippen LogP contribution in [-0.2, 0) is 4.74 Å². The molecule has 0 bridgehead atoms. The van der Waals surface area contributed by atoms with Gasteiger partial charge in [0.1, 0.15) is 5.69 Å². The quantitative estimate of drug-likeness (QED) is 0.807. The standard InChI is InChI=1S/C10H11F2NO3/c1-3-16-10(15)7-6(8(11)12)4-5(2)9(14)13-7/h4,8H,3H2,1-2H3,(H,13,14). The lowest BCUT2D eigenvalue weighted by atomic mass is 10.1. The molecule has 0 unspecified atom stereocenters. The molecule has 1 rings (SSSR count). The maximum Gasteiger partial charge on any atom is 0.355 e. The monoisotopic (exact) mass is 231 g/mol. The molecular weight excluding hydrogens is 220 g/mol. The van der Waals surface area contributed by atoms with Gasteiger partial charge in [-0.05, 0) is 19.9 Å². The average Bonchev–Trinajstić information content (AvgIpc) is 2.21. The van der Waals surface area contributed by atoms with E-state index in [9.17, 15) is 18.4 Å². The topological polar surface area (TPSA) is 59.2 Å². The highest BCUT2D eigenvalue weighted by Crippen LogP contribution is 2.21. The van der Waals surface area contributed by atoms with Crippen molar-refractivity contribution in [2.75, 3.05) is 6.61 Å². The van der Waals surface area contributed by atoms with Crippen molar-refractivity contribution in [2.45, 2.75) is 20.3 Å². The molecule has 1 aromatic rings. The molecule has 1 N–H and O–H groups in total. The molecule has 0 saturated heterocycles. The Balaban J connectivity index is 3.30. The summed E-state index contributed by atoms with van der Waals surface area (Å²) >= 11 is 0. The number of aryl methyl sites for hydroxylation is 1. The molecule has 0 spiro atoms. The summed E-state index contributed by atoms with van der Waals surface area (Å²) in [6.07, 6.45) is -2.84. The van der Waals surface area contributed by atoms with E-state index in [1.807, 2.05) is 0 Å². The molecule has 0 amide bonds. The van der Waals surface area contributed by atoms with Crippen LogP contribution in [0.1, 0.15) is 35.0 Å². The van der Waals surface area contributed by atoms with Crippen molar-refractivity contribution >= 4 is 5.97 Å². The highest BCUT2D eigenvalue weighted by molar-refractivity contribution is 5.89. The van der Waals surface area contributed by atoms with Crippen molar-refractivity contribution in [3.63, 3.8) is 0 Å². The van der Waals surface area contributed by atoms with E-state index in [0.29, 0.717) is 0 Å². The van der Waals surface area contributed by atoms with Gasteiger partial charge in [-0.25, -0.2) is 13.6 Å². The van der Waals surface area contributed by atoms with Crippen molar-refractivity contribution in [3.05, 3.63) is 33.2 Å². The predicted molar refractivity (Wildman–Crippen MR) is 52.7 cm³/mol. The molecule has 4 nitrogen and oxygen atoms in total. The number of nitrogens with one attached hydrogen (secondary N) is 1.